The van der Waals surface area contributed by atoms with Gasteiger partial charge in [0.1, 0.15) is 5.69 Å². The van der Waals surface area contributed by atoms with Crippen molar-refractivity contribution in [3.63, 3.8) is 0 Å². The first-order chi connectivity index (χ1) is 5.95. The molecule has 6 heteroatoms. The summed E-state index contributed by atoms with van der Waals surface area (Å²) in [6.07, 6.45) is -4.51. The minimum absolute atomic E-state index is 0.0205. The Labute approximate surface area is 79.9 Å². The number of aromatic amines is 1. The lowest BCUT2D eigenvalue weighted by molar-refractivity contribution is -0.141. The molecule has 0 saturated heterocycles. The largest absolute Gasteiger partial charge is 0.431 e. The Hall–Kier alpha value is -0.780. The third kappa shape index (κ3) is 2.33. The van der Waals surface area contributed by atoms with Crippen LogP contribution in [0, 0.1) is 0 Å². The molecule has 0 spiro atoms. The number of halogens is 4. The first kappa shape index (κ1) is 10.3. The van der Waals surface area contributed by atoms with E-state index in [1.54, 1.807) is 4.98 Å². The first-order valence-corrected chi connectivity index (χ1v) is 4.42. The average Bonchev–Trinajstić information content (AvgIpc) is 2.03. The zero-order chi connectivity index (χ0) is 10.1. The zero-order valence-electron chi connectivity index (χ0n) is 6.28. The van der Waals surface area contributed by atoms with E-state index in [9.17, 15) is 18.0 Å². The number of H-pyrrole nitrogens is 1. The number of hydrogen-bond acceptors (Lipinski definition) is 1. The fourth-order valence-electron chi connectivity index (χ4n) is 0.869. The van der Waals surface area contributed by atoms with Gasteiger partial charge < -0.3 is 4.98 Å². The Bertz CT molecular complexity index is 357. The zero-order valence-corrected chi connectivity index (χ0v) is 7.87. The van der Waals surface area contributed by atoms with E-state index in [1.807, 2.05) is 0 Å². The third-order valence-electron chi connectivity index (χ3n) is 1.43. The van der Waals surface area contributed by atoms with E-state index in [0.717, 1.165) is 12.1 Å². The van der Waals surface area contributed by atoms with Crippen LogP contribution in [0.15, 0.2) is 16.9 Å². The summed E-state index contributed by atoms with van der Waals surface area (Å²) in [5, 5.41) is 0.0542. The van der Waals surface area contributed by atoms with Gasteiger partial charge in [-0.1, -0.05) is 22.0 Å². The highest BCUT2D eigenvalue weighted by atomic mass is 79.9. The molecule has 0 aromatic carbocycles. The maximum atomic E-state index is 12.2. The smallest absolute Gasteiger partial charge is 0.318 e. The summed E-state index contributed by atoms with van der Waals surface area (Å²) in [7, 11) is 0. The van der Waals surface area contributed by atoms with Crippen molar-refractivity contribution in [3.05, 3.63) is 33.7 Å². The molecule has 0 atom stereocenters. The second kappa shape index (κ2) is 3.53. The van der Waals surface area contributed by atoms with E-state index >= 15 is 0 Å². The highest BCUT2D eigenvalue weighted by Crippen LogP contribution is 2.30. The molecule has 2 nitrogen and oxygen atoms in total. The SMILES string of the molecule is O=c1ccc(CBr)c(C(F)(F)F)[nH]1. The molecule has 1 aromatic heterocycles. The normalized spacial score (nSPS) is 11.7. The van der Waals surface area contributed by atoms with E-state index in [2.05, 4.69) is 15.9 Å². The van der Waals surface area contributed by atoms with Crippen LogP contribution in [0.3, 0.4) is 0 Å². The van der Waals surface area contributed by atoms with Gasteiger partial charge in [-0.25, -0.2) is 0 Å². The van der Waals surface area contributed by atoms with Crippen molar-refractivity contribution < 1.29 is 13.2 Å². The highest BCUT2D eigenvalue weighted by Gasteiger charge is 2.34. The van der Waals surface area contributed by atoms with Crippen LogP contribution in [0.1, 0.15) is 11.3 Å². The molecule has 0 unspecified atom stereocenters. The average molecular weight is 256 g/mol. The molecule has 0 radical (unpaired) electrons. The van der Waals surface area contributed by atoms with Crippen LogP contribution >= 0.6 is 15.9 Å². The van der Waals surface area contributed by atoms with Gasteiger partial charge in [0.25, 0.3) is 0 Å². The first-order valence-electron chi connectivity index (χ1n) is 3.30. The standard InChI is InChI=1S/C7H5BrF3NO/c8-3-4-1-2-5(13)12-6(4)7(9,10)11/h1-2H,3H2,(H,12,13). The third-order valence-corrected chi connectivity index (χ3v) is 2.04. The molecule has 1 heterocycles. The minimum Gasteiger partial charge on any atom is -0.318 e. The number of rotatable bonds is 1. The molecule has 1 rings (SSSR count). The molecule has 0 fully saturated rings. The Morgan fingerprint density at radius 1 is 1.38 bits per heavy atom. The number of aromatic nitrogens is 1. The van der Waals surface area contributed by atoms with Crippen LogP contribution in [0.4, 0.5) is 13.2 Å². The summed E-state index contributed by atoms with van der Waals surface area (Å²) in [5.74, 6) is 0. The molecule has 0 aliphatic heterocycles. The molecule has 0 amide bonds. The van der Waals surface area contributed by atoms with Crippen molar-refractivity contribution in [1.82, 2.24) is 4.98 Å². The molecule has 0 aliphatic carbocycles. The van der Waals surface area contributed by atoms with Gasteiger partial charge in [0, 0.05) is 11.4 Å². The number of hydrogen-bond donors (Lipinski definition) is 1. The van der Waals surface area contributed by atoms with Crippen molar-refractivity contribution in [2.24, 2.45) is 0 Å². The Morgan fingerprint density at radius 3 is 2.46 bits per heavy atom. The number of alkyl halides is 4. The van der Waals surface area contributed by atoms with Gasteiger partial charge >= 0.3 is 6.18 Å². The second-order valence-electron chi connectivity index (χ2n) is 2.35. The lowest BCUT2D eigenvalue weighted by Gasteiger charge is -2.09. The van der Waals surface area contributed by atoms with Crippen molar-refractivity contribution in [3.8, 4) is 0 Å². The number of pyridine rings is 1. The van der Waals surface area contributed by atoms with E-state index < -0.39 is 17.4 Å². The summed E-state index contributed by atoms with van der Waals surface area (Å²) in [6, 6.07) is 2.21. The predicted molar refractivity (Wildman–Crippen MR) is 44.7 cm³/mol. The summed E-state index contributed by atoms with van der Waals surface area (Å²) in [6.45, 7) is 0. The maximum Gasteiger partial charge on any atom is 0.431 e. The molecule has 72 valence electrons. The van der Waals surface area contributed by atoms with Crippen molar-refractivity contribution in [1.29, 1.82) is 0 Å². The van der Waals surface area contributed by atoms with Crippen molar-refractivity contribution in [2.75, 3.05) is 0 Å². The lowest BCUT2D eigenvalue weighted by atomic mass is 10.2. The molecule has 0 aliphatic rings. The van der Waals surface area contributed by atoms with Crippen LogP contribution in [-0.2, 0) is 11.5 Å². The maximum absolute atomic E-state index is 12.2. The van der Waals surface area contributed by atoms with Gasteiger partial charge in [0.15, 0.2) is 0 Å². The van der Waals surface area contributed by atoms with Crippen LogP contribution < -0.4 is 5.56 Å². The van der Waals surface area contributed by atoms with Gasteiger partial charge in [0.2, 0.25) is 5.56 Å². The van der Waals surface area contributed by atoms with Crippen LogP contribution in [0.5, 0.6) is 0 Å². The van der Waals surface area contributed by atoms with Crippen molar-refractivity contribution >= 4 is 15.9 Å². The number of nitrogens with one attached hydrogen (secondary N) is 1. The topological polar surface area (TPSA) is 32.9 Å². The fourth-order valence-corrected chi connectivity index (χ4v) is 1.34. The molecule has 1 N–H and O–H groups in total. The summed E-state index contributed by atoms with van der Waals surface area (Å²) >= 11 is 2.90. The Balaban J connectivity index is 3.32. The Morgan fingerprint density at radius 2 is 2.00 bits per heavy atom. The molecule has 1 aromatic rings. The molecule has 0 bridgehead atoms. The lowest BCUT2D eigenvalue weighted by Crippen LogP contribution is -2.17. The van der Waals surface area contributed by atoms with Crippen molar-refractivity contribution in [2.45, 2.75) is 11.5 Å². The van der Waals surface area contributed by atoms with Crippen LogP contribution in [0.2, 0.25) is 0 Å². The molecule has 13 heavy (non-hydrogen) atoms. The van der Waals surface area contributed by atoms with E-state index in [4.69, 9.17) is 0 Å². The van der Waals surface area contributed by atoms with E-state index in [-0.39, 0.29) is 10.9 Å². The van der Waals surface area contributed by atoms with E-state index in [0.29, 0.717) is 0 Å². The monoisotopic (exact) mass is 255 g/mol. The molecular formula is C7H5BrF3NO. The summed E-state index contributed by atoms with van der Waals surface area (Å²) in [5.41, 5.74) is -1.72. The summed E-state index contributed by atoms with van der Waals surface area (Å²) in [4.78, 5) is 12.4. The second-order valence-corrected chi connectivity index (χ2v) is 2.91. The van der Waals surface area contributed by atoms with E-state index in [1.165, 1.54) is 0 Å². The van der Waals surface area contributed by atoms with Gasteiger partial charge in [-0.3, -0.25) is 4.79 Å². The minimum atomic E-state index is -4.51. The Kier molecular flexibility index (Phi) is 2.80. The fraction of sp³-hybridized carbons (Fsp3) is 0.286. The summed E-state index contributed by atoms with van der Waals surface area (Å²) < 4.78 is 36.7. The van der Waals surface area contributed by atoms with Crippen LogP contribution in [0.25, 0.3) is 0 Å². The van der Waals surface area contributed by atoms with Gasteiger partial charge in [-0.2, -0.15) is 13.2 Å². The predicted octanol–water partition coefficient (Wildman–Crippen LogP) is 2.29. The van der Waals surface area contributed by atoms with Gasteiger partial charge in [-0.15, -0.1) is 0 Å². The van der Waals surface area contributed by atoms with Gasteiger partial charge in [-0.05, 0) is 5.56 Å². The highest BCUT2D eigenvalue weighted by molar-refractivity contribution is 9.08. The molecular weight excluding hydrogens is 251 g/mol. The molecule has 0 saturated carbocycles. The van der Waals surface area contributed by atoms with Gasteiger partial charge in [0.05, 0.1) is 0 Å². The van der Waals surface area contributed by atoms with Crippen LogP contribution in [-0.4, -0.2) is 4.98 Å². The quantitative estimate of drug-likeness (QED) is 0.768.